The van der Waals surface area contributed by atoms with Gasteiger partial charge in [-0.3, -0.25) is 15.1 Å². The maximum Gasteiger partial charge on any atom is 0.310 e. The van der Waals surface area contributed by atoms with Crippen molar-refractivity contribution >= 4 is 34.0 Å². The maximum absolute atomic E-state index is 10.9. The zero-order chi connectivity index (χ0) is 12.4. The van der Waals surface area contributed by atoms with Gasteiger partial charge in [0.1, 0.15) is 11.9 Å². The van der Waals surface area contributed by atoms with Gasteiger partial charge in [-0.15, -0.1) is 0 Å². The normalized spacial score (nSPS) is 24.7. The van der Waals surface area contributed by atoms with E-state index >= 15 is 0 Å². The number of nitrogens with zero attached hydrogens (tertiary/aromatic N) is 3. The molecule has 2 rings (SSSR count). The Labute approximate surface area is 114 Å². The summed E-state index contributed by atoms with van der Waals surface area (Å²) < 4.78 is 0.536. The summed E-state index contributed by atoms with van der Waals surface area (Å²) in [4.78, 5) is 16.5. The quantitative estimate of drug-likeness (QED) is 0.357. The zero-order valence-corrected chi connectivity index (χ0v) is 11.7. The van der Waals surface area contributed by atoms with Crippen LogP contribution in [0.3, 0.4) is 0 Å². The molecule has 1 fully saturated rings. The highest BCUT2D eigenvalue weighted by molar-refractivity contribution is 14.1. The summed E-state index contributed by atoms with van der Waals surface area (Å²) in [5.41, 5.74) is 0.796. The van der Waals surface area contributed by atoms with E-state index in [0.29, 0.717) is 15.5 Å². The van der Waals surface area contributed by atoms with Crippen molar-refractivity contribution in [1.82, 2.24) is 4.98 Å². The number of halogens is 1. The molecule has 0 bridgehead atoms. The van der Waals surface area contributed by atoms with Crippen molar-refractivity contribution in [2.45, 2.75) is 17.3 Å². The zero-order valence-electron chi connectivity index (χ0n) is 9.54. The largest absolute Gasteiger partial charge is 0.365 e. The molecule has 2 atom stereocenters. The second-order valence-electron chi connectivity index (χ2n) is 4.35. The van der Waals surface area contributed by atoms with Crippen molar-refractivity contribution in [3.8, 4) is 0 Å². The first-order chi connectivity index (χ1) is 8.09. The molecule has 0 aliphatic carbocycles. The van der Waals surface area contributed by atoms with E-state index in [2.05, 4.69) is 39.4 Å². The number of aromatic nitrogens is 1. The minimum Gasteiger partial charge on any atom is -0.365 e. The number of nitro groups is 1. The number of hydrogen-bond acceptors (Lipinski definition) is 4. The molecule has 17 heavy (non-hydrogen) atoms. The van der Waals surface area contributed by atoms with Gasteiger partial charge in [0.2, 0.25) is 0 Å². The maximum atomic E-state index is 10.9. The molecule has 0 saturated carbocycles. The van der Waals surface area contributed by atoms with Gasteiger partial charge >= 0.3 is 5.69 Å². The summed E-state index contributed by atoms with van der Waals surface area (Å²) in [7, 11) is 0. The Bertz CT molecular complexity index is 427. The minimum atomic E-state index is -0.359. The van der Waals surface area contributed by atoms with Gasteiger partial charge < -0.3 is 4.90 Å². The molecule has 2 heterocycles. The molecule has 1 aromatic heterocycles. The number of pyridine rings is 1. The molecule has 0 spiro atoms. The van der Waals surface area contributed by atoms with E-state index in [0.717, 1.165) is 19.5 Å². The Hall–Kier alpha value is -0.920. The van der Waals surface area contributed by atoms with Crippen molar-refractivity contribution in [3.05, 3.63) is 28.6 Å². The van der Waals surface area contributed by atoms with Crippen molar-refractivity contribution < 1.29 is 4.92 Å². The first-order valence-corrected chi connectivity index (χ1v) is 6.81. The van der Waals surface area contributed by atoms with Crippen LogP contribution in [0.2, 0.25) is 0 Å². The third kappa shape index (κ3) is 2.67. The molecule has 6 heteroatoms. The highest BCUT2D eigenvalue weighted by Crippen LogP contribution is 2.32. The number of alkyl halides is 1. The van der Waals surface area contributed by atoms with Crippen LogP contribution in [0.1, 0.15) is 13.3 Å². The molecule has 2 unspecified atom stereocenters. The number of piperidine rings is 1. The topological polar surface area (TPSA) is 59.3 Å². The SMILES string of the molecule is CC1CCN(c2ccncc2[N+](=O)[O-])CC1I. The van der Waals surface area contributed by atoms with Gasteiger partial charge in [0.25, 0.3) is 0 Å². The first-order valence-electron chi connectivity index (χ1n) is 5.57. The lowest BCUT2D eigenvalue weighted by molar-refractivity contribution is -0.384. The smallest absolute Gasteiger partial charge is 0.310 e. The van der Waals surface area contributed by atoms with Crippen LogP contribution in [0.15, 0.2) is 18.5 Å². The lowest BCUT2D eigenvalue weighted by Crippen LogP contribution is -2.40. The summed E-state index contributed by atoms with van der Waals surface area (Å²) in [5.74, 6) is 0.674. The monoisotopic (exact) mass is 347 g/mol. The van der Waals surface area contributed by atoms with Crippen molar-refractivity contribution in [1.29, 1.82) is 0 Å². The summed E-state index contributed by atoms with van der Waals surface area (Å²) in [6.45, 7) is 3.98. The third-order valence-corrected chi connectivity index (χ3v) is 4.80. The lowest BCUT2D eigenvalue weighted by atomic mass is 9.98. The Kier molecular flexibility index (Phi) is 3.80. The molecule has 0 aromatic carbocycles. The van der Waals surface area contributed by atoms with Crippen LogP contribution >= 0.6 is 22.6 Å². The molecular weight excluding hydrogens is 333 g/mol. The van der Waals surface area contributed by atoms with Gasteiger partial charge in [0.15, 0.2) is 0 Å². The fourth-order valence-corrected chi connectivity index (χ4v) is 2.86. The highest BCUT2D eigenvalue weighted by atomic mass is 127. The average Bonchev–Trinajstić information content (AvgIpc) is 2.32. The van der Waals surface area contributed by atoms with Crippen LogP contribution in [0.25, 0.3) is 0 Å². The van der Waals surface area contributed by atoms with Gasteiger partial charge in [-0.2, -0.15) is 0 Å². The minimum absolute atomic E-state index is 0.102. The van der Waals surface area contributed by atoms with Gasteiger partial charge in [0, 0.05) is 23.2 Å². The molecular formula is C11H14IN3O2. The molecule has 1 aliphatic rings. The van der Waals surface area contributed by atoms with Crippen LogP contribution in [0, 0.1) is 16.0 Å². The summed E-state index contributed by atoms with van der Waals surface area (Å²) >= 11 is 2.43. The predicted octanol–water partition coefficient (Wildman–Crippen LogP) is 2.64. The van der Waals surface area contributed by atoms with Crippen LogP contribution < -0.4 is 4.90 Å². The van der Waals surface area contributed by atoms with Gasteiger partial charge in [-0.25, -0.2) is 0 Å². The highest BCUT2D eigenvalue weighted by Gasteiger charge is 2.27. The Balaban J connectivity index is 2.25. The fourth-order valence-electron chi connectivity index (χ4n) is 2.03. The average molecular weight is 347 g/mol. The van der Waals surface area contributed by atoms with Gasteiger partial charge in [-0.1, -0.05) is 29.5 Å². The van der Waals surface area contributed by atoms with E-state index < -0.39 is 0 Å². The van der Waals surface area contributed by atoms with E-state index in [9.17, 15) is 10.1 Å². The van der Waals surface area contributed by atoms with Crippen LogP contribution in [0.5, 0.6) is 0 Å². The molecule has 1 saturated heterocycles. The van der Waals surface area contributed by atoms with Crippen LogP contribution in [0.4, 0.5) is 11.4 Å². The van der Waals surface area contributed by atoms with Gasteiger partial charge in [-0.05, 0) is 18.4 Å². The number of hydrogen-bond donors (Lipinski definition) is 0. The summed E-state index contributed by atoms with van der Waals surface area (Å²) in [5, 5.41) is 10.9. The molecule has 0 radical (unpaired) electrons. The van der Waals surface area contributed by atoms with E-state index in [1.807, 2.05) is 0 Å². The number of rotatable bonds is 2. The second-order valence-corrected chi connectivity index (χ2v) is 5.95. The first kappa shape index (κ1) is 12.5. The molecule has 1 aromatic rings. The summed E-state index contributed by atoms with van der Waals surface area (Å²) in [6.07, 6.45) is 4.02. The van der Waals surface area contributed by atoms with E-state index in [1.165, 1.54) is 6.20 Å². The molecule has 92 valence electrons. The number of anilines is 1. The Morgan fingerprint density at radius 3 is 3.06 bits per heavy atom. The van der Waals surface area contributed by atoms with Gasteiger partial charge in [0.05, 0.1) is 4.92 Å². The molecule has 0 amide bonds. The molecule has 5 nitrogen and oxygen atoms in total. The van der Waals surface area contributed by atoms with Crippen LogP contribution in [-0.4, -0.2) is 26.9 Å². The Morgan fingerprint density at radius 2 is 2.41 bits per heavy atom. The molecule has 0 N–H and O–H groups in total. The summed E-state index contributed by atoms with van der Waals surface area (Å²) in [6, 6.07) is 1.73. The van der Waals surface area contributed by atoms with Crippen molar-refractivity contribution in [2.75, 3.05) is 18.0 Å². The van der Waals surface area contributed by atoms with E-state index in [4.69, 9.17) is 0 Å². The second kappa shape index (κ2) is 5.16. The lowest BCUT2D eigenvalue weighted by Gasteiger charge is -2.35. The van der Waals surface area contributed by atoms with E-state index in [1.54, 1.807) is 12.3 Å². The van der Waals surface area contributed by atoms with Crippen LogP contribution in [-0.2, 0) is 0 Å². The fraction of sp³-hybridized carbons (Fsp3) is 0.545. The predicted molar refractivity (Wildman–Crippen MR) is 74.7 cm³/mol. The van der Waals surface area contributed by atoms with Crippen molar-refractivity contribution in [3.63, 3.8) is 0 Å². The molecule has 1 aliphatic heterocycles. The standard InChI is InChI=1S/C11H14IN3O2/c1-8-3-5-14(7-9(8)12)10-2-4-13-6-11(10)15(16)17/h2,4,6,8-9H,3,5,7H2,1H3. The Morgan fingerprint density at radius 1 is 1.65 bits per heavy atom. The van der Waals surface area contributed by atoms with Crippen molar-refractivity contribution in [2.24, 2.45) is 5.92 Å². The third-order valence-electron chi connectivity index (χ3n) is 3.18. The van der Waals surface area contributed by atoms with E-state index in [-0.39, 0.29) is 10.6 Å².